The molecule has 0 atom stereocenters. The van der Waals surface area contributed by atoms with Gasteiger partial charge in [0, 0.05) is 10.6 Å². The third kappa shape index (κ3) is 5.48. The number of hydrogen-bond acceptors (Lipinski definition) is 5. The van der Waals surface area contributed by atoms with Crippen molar-refractivity contribution in [2.75, 3.05) is 12.0 Å². The molecule has 34 heavy (non-hydrogen) atoms. The monoisotopic (exact) mass is 657 g/mol. The number of thiocarbonyl (C=S) groups is 1. The van der Waals surface area contributed by atoms with Crippen LogP contribution in [0.15, 0.2) is 68.4 Å². The fourth-order valence-electron chi connectivity index (χ4n) is 3.20. The standard InChI is InChI=1S/C24H15Br2Cl2NO3S2/c1-31-20-7-6-15(11-19(20)28)29-23(30)21(34-24(29)33)10-13-8-16(25)22(17(26)9-13)32-12-14-4-2-3-5-18(14)27/h2-11H,12H2,1H3/b21-10+. The summed E-state index contributed by atoms with van der Waals surface area (Å²) in [6.45, 7) is 0.319. The first-order chi connectivity index (χ1) is 16.3. The van der Waals surface area contributed by atoms with Gasteiger partial charge in [0.05, 0.1) is 31.7 Å². The topological polar surface area (TPSA) is 38.8 Å². The summed E-state index contributed by atoms with van der Waals surface area (Å²) in [5.41, 5.74) is 2.27. The van der Waals surface area contributed by atoms with Crippen LogP contribution in [0.1, 0.15) is 11.1 Å². The van der Waals surface area contributed by atoms with Gasteiger partial charge in [0.15, 0.2) is 4.32 Å². The largest absolute Gasteiger partial charge is 0.495 e. The number of hydrogen-bond donors (Lipinski definition) is 0. The summed E-state index contributed by atoms with van der Waals surface area (Å²) in [6.07, 6.45) is 1.79. The molecule has 174 valence electrons. The van der Waals surface area contributed by atoms with E-state index in [0.29, 0.717) is 43.1 Å². The first-order valence-corrected chi connectivity index (χ1v) is 13.3. The molecule has 1 aliphatic rings. The molecule has 0 aliphatic carbocycles. The Morgan fingerprint density at radius 3 is 2.41 bits per heavy atom. The molecule has 0 unspecified atom stereocenters. The van der Waals surface area contributed by atoms with Gasteiger partial charge in [-0.3, -0.25) is 9.69 Å². The van der Waals surface area contributed by atoms with E-state index < -0.39 is 0 Å². The number of anilines is 1. The van der Waals surface area contributed by atoms with Gasteiger partial charge in [0.1, 0.15) is 18.1 Å². The molecule has 0 saturated carbocycles. The maximum atomic E-state index is 13.1. The fraction of sp³-hybridized carbons (Fsp3) is 0.0833. The molecule has 1 saturated heterocycles. The lowest BCUT2D eigenvalue weighted by Crippen LogP contribution is -2.27. The number of amides is 1. The third-order valence-corrected chi connectivity index (χ3v) is 7.98. The van der Waals surface area contributed by atoms with Crippen molar-refractivity contribution in [1.82, 2.24) is 0 Å². The summed E-state index contributed by atoms with van der Waals surface area (Å²) < 4.78 is 13.1. The maximum Gasteiger partial charge on any atom is 0.270 e. The number of halogens is 4. The number of carbonyl (C=O) groups excluding carboxylic acids is 1. The van der Waals surface area contributed by atoms with Crippen LogP contribution in [0.5, 0.6) is 11.5 Å². The van der Waals surface area contributed by atoms with E-state index in [1.165, 1.54) is 23.8 Å². The molecule has 0 spiro atoms. The molecule has 0 bridgehead atoms. The number of ether oxygens (including phenoxy) is 2. The zero-order chi connectivity index (χ0) is 24.4. The highest BCUT2D eigenvalue weighted by molar-refractivity contribution is 9.11. The van der Waals surface area contributed by atoms with Gasteiger partial charge in [-0.05, 0) is 79.9 Å². The predicted molar refractivity (Wildman–Crippen MR) is 151 cm³/mol. The van der Waals surface area contributed by atoms with Crippen molar-refractivity contribution in [3.8, 4) is 11.5 Å². The summed E-state index contributed by atoms with van der Waals surface area (Å²) in [6, 6.07) is 16.4. The van der Waals surface area contributed by atoms with E-state index in [1.807, 2.05) is 36.4 Å². The number of benzene rings is 3. The Kier molecular flexibility index (Phi) is 8.28. The van der Waals surface area contributed by atoms with Crippen molar-refractivity contribution >= 4 is 101 Å². The van der Waals surface area contributed by atoms with Crippen LogP contribution in [0.2, 0.25) is 10.0 Å². The van der Waals surface area contributed by atoms with Crippen LogP contribution >= 0.6 is 79.0 Å². The molecule has 1 heterocycles. The van der Waals surface area contributed by atoms with E-state index in [9.17, 15) is 4.79 Å². The molecule has 0 N–H and O–H groups in total. The van der Waals surface area contributed by atoms with Crippen LogP contribution in [-0.2, 0) is 11.4 Å². The Morgan fingerprint density at radius 1 is 1.06 bits per heavy atom. The van der Waals surface area contributed by atoms with E-state index in [-0.39, 0.29) is 5.91 Å². The van der Waals surface area contributed by atoms with Crippen LogP contribution < -0.4 is 14.4 Å². The van der Waals surface area contributed by atoms with Gasteiger partial charge in [0.25, 0.3) is 5.91 Å². The SMILES string of the molecule is COc1ccc(N2C(=O)/C(=C\c3cc(Br)c(OCc4ccccc4Cl)c(Br)c3)SC2=S)cc1Cl. The molecular weight excluding hydrogens is 645 g/mol. The summed E-state index contributed by atoms with van der Waals surface area (Å²) in [5, 5.41) is 1.05. The first kappa shape index (κ1) is 25.5. The quantitative estimate of drug-likeness (QED) is 0.196. The molecule has 10 heteroatoms. The van der Waals surface area contributed by atoms with Crippen LogP contribution in [0, 0.1) is 0 Å². The van der Waals surface area contributed by atoms with E-state index >= 15 is 0 Å². The Hall–Kier alpha value is -1.55. The first-order valence-electron chi connectivity index (χ1n) is 9.75. The lowest BCUT2D eigenvalue weighted by atomic mass is 10.2. The Bertz CT molecular complexity index is 1310. The van der Waals surface area contributed by atoms with Crippen molar-refractivity contribution in [1.29, 1.82) is 0 Å². The fourth-order valence-corrected chi connectivity index (χ4v) is 6.39. The zero-order valence-electron chi connectivity index (χ0n) is 17.5. The molecule has 3 aromatic carbocycles. The van der Waals surface area contributed by atoms with Gasteiger partial charge < -0.3 is 9.47 Å². The van der Waals surface area contributed by atoms with Crippen molar-refractivity contribution < 1.29 is 14.3 Å². The molecular formula is C24H15Br2Cl2NO3S2. The summed E-state index contributed by atoms with van der Waals surface area (Å²) in [7, 11) is 1.53. The van der Waals surface area contributed by atoms with Gasteiger partial charge in [-0.1, -0.05) is 65.4 Å². The van der Waals surface area contributed by atoms with Crippen LogP contribution in [0.25, 0.3) is 6.08 Å². The Balaban J connectivity index is 1.56. The van der Waals surface area contributed by atoms with Gasteiger partial charge in [0.2, 0.25) is 0 Å². The molecule has 0 aromatic heterocycles. The minimum Gasteiger partial charge on any atom is -0.495 e. The van der Waals surface area contributed by atoms with Crippen LogP contribution in [-0.4, -0.2) is 17.3 Å². The summed E-state index contributed by atoms with van der Waals surface area (Å²) >= 11 is 26.3. The van der Waals surface area contributed by atoms with Gasteiger partial charge in [-0.15, -0.1) is 0 Å². The second kappa shape index (κ2) is 11.0. The Labute approximate surface area is 233 Å². The number of rotatable bonds is 6. The number of methoxy groups -OCH3 is 1. The number of carbonyl (C=O) groups is 1. The summed E-state index contributed by atoms with van der Waals surface area (Å²) in [4.78, 5) is 15.1. The highest BCUT2D eigenvalue weighted by Gasteiger charge is 2.33. The molecule has 1 fully saturated rings. The van der Waals surface area contributed by atoms with Crippen molar-refractivity contribution in [2.45, 2.75) is 6.61 Å². The minimum atomic E-state index is -0.220. The number of thioether (sulfide) groups is 1. The van der Waals surface area contributed by atoms with Crippen LogP contribution in [0.3, 0.4) is 0 Å². The molecule has 3 aromatic rings. The van der Waals surface area contributed by atoms with E-state index in [2.05, 4.69) is 31.9 Å². The smallest absolute Gasteiger partial charge is 0.270 e. The molecule has 4 rings (SSSR count). The van der Waals surface area contributed by atoms with Crippen molar-refractivity contribution in [3.05, 3.63) is 89.6 Å². The second-order valence-electron chi connectivity index (χ2n) is 7.03. The van der Waals surface area contributed by atoms with E-state index in [4.69, 9.17) is 44.9 Å². The predicted octanol–water partition coefficient (Wildman–Crippen LogP) is 8.51. The van der Waals surface area contributed by atoms with Crippen molar-refractivity contribution in [2.24, 2.45) is 0 Å². The third-order valence-electron chi connectivity index (χ3n) is 4.84. The van der Waals surface area contributed by atoms with Crippen LogP contribution in [0.4, 0.5) is 5.69 Å². The zero-order valence-corrected chi connectivity index (χ0v) is 23.8. The van der Waals surface area contributed by atoms with Gasteiger partial charge >= 0.3 is 0 Å². The average molecular weight is 660 g/mol. The lowest BCUT2D eigenvalue weighted by Gasteiger charge is -2.15. The molecule has 1 aliphatic heterocycles. The lowest BCUT2D eigenvalue weighted by molar-refractivity contribution is -0.113. The minimum absolute atomic E-state index is 0.220. The van der Waals surface area contributed by atoms with E-state index in [0.717, 1.165) is 20.1 Å². The highest BCUT2D eigenvalue weighted by atomic mass is 79.9. The van der Waals surface area contributed by atoms with Crippen molar-refractivity contribution in [3.63, 3.8) is 0 Å². The highest BCUT2D eigenvalue weighted by Crippen LogP contribution is 2.40. The molecule has 0 radical (unpaired) electrons. The van der Waals surface area contributed by atoms with E-state index in [1.54, 1.807) is 24.3 Å². The normalized spacial score (nSPS) is 14.7. The van der Waals surface area contributed by atoms with Gasteiger partial charge in [-0.2, -0.15) is 0 Å². The average Bonchev–Trinajstić information content (AvgIpc) is 3.07. The number of nitrogens with zero attached hydrogens (tertiary/aromatic N) is 1. The van der Waals surface area contributed by atoms with Gasteiger partial charge in [-0.25, -0.2) is 0 Å². The molecule has 4 nitrogen and oxygen atoms in total. The maximum absolute atomic E-state index is 13.1. The molecule has 1 amide bonds. The Morgan fingerprint density at radius 2 is 1.76 bits per heavy atom. The summed E-state index contributed by atoms with van der Waals surface area (Å²) in [5.74, 6) is 0.943. The second-order valence-corrected chi connectivity index (χ2v) is 11.2.